The Morgan fingerprint density at radius 1 is 0.962 bits per heavy atom. The lowest BCUT2D eigenvalue weighted by Crippen LogP contribution is -2.46. The number of ether oxygens (including phenoxy) is 1. The zero-order valence-corrected chi connectivity index (χ0v) is 15.5. The highest BCUT2D eigenvalue weighted by molar-refractivity contribution is 5.97. The molecular weight excluding hydrogens is 322 g/mol. The molecule has 4 rings (SSSR count). The lowest BCUT2D eigenvalue weighted by atomic mass is 10.0. The van der Waals surface area contributed by atoms with Crippen LogP contribution >= 0.6 is 0 Å². The number of hydrogen-bond acceptors (Lipinski definition) is 4. The normalized spacial score (nSPS) is 15.4. The van der Waals surface area contributed by atoms with Crippen LogP contribution in [0.5, 0.6) is 5.75 Å². The standard InChI is InChI=1S/C22H25N3O/c1-3-24-11-13-25(14-12-24)22-16-19(17-7-5-4-6-8-17)20-15-18(26-2)9-10-21(20)23-22/h4-10,15-16H,3,11-14H2,1-2H3. The van der Waals surface area contributed by atoms with Crippen LogP contribution in [0, 0.1) is 0 Å². The monoisotopic (exact) mass is 347 g/mol. The number of methoxy groups -OCH3 is 1. The van der Waals surface area contributed by atoms with Gasteiger partial charge in [0.2, 0.25) is 0 Å². The number of likely N-dealkylation sites (N-methyl/N-ethyl adjacent to an activating group) is 1. The van der Waals surface area contributed by atoms with E-state index in [4.69, 9.17) is 9.72 Å². The van der Waals surface area contributed by atoms with Gasteiger partial charge in [0.15, 0.2) is 0 Å². The van der Waals surface area contributed by atoms with Gasteiger partial charge in [-0.2, -0.15) is 0 Å². The molecule has 134 valence electrons. The van der Waals surface area contributed by atoms with Crippen molar-refractivity contribution in [2.75, 3.05) is 44.7 Å². The van der Waals surface area contributed by atoms with Crippen LogP contribution in [0.4, 0.5) is 5.82 Å². The van der Waals surface area contributed by atoms with Gasteiger partial charge in [-0.1, -0.05) is 37.3 Å². The van der Waals surface area contributed by atoms with Crippen LogP contribution in [0.3, 0.4) is 0 Å². The number of piperazine rings is 1. The summed E-state index contributed by atoms with van der Waals surface area (Å²) in [6, 6.07) is 18.9. The van der Waals surface area contributed by atoms with Crippen molar-refractivity contribution >= 4 is 16.7 Å². The Kier molecular flexibility index (Phi) is 4.76. The Balaban J connectivity index is 1.81. The molecule has 0 spiro atoms. The van der Waals surface area contributed by atoms with Gasteiger partial charge in [0.1, 0.15) is 11.6 Å². The molecule has 2 heterocycles. The van der Waals surface area contributed by atoms with Gasteiger partial charge in [-0.05, 0) is 41.9 Å². The first-order chi connectivity index (χ1) is 12.8. The van der Waals surface area contributed by atoms with Gasteiger partial charge >= 0.3 is 0 Å². The molecule has 2 aromatic carbocycles. The number of nitrogens with zero attached hydrogens (tertiary/aromatic N) is 3. The molecular formula is C22H25N3O. The molecule has 0 atom stereocenters. The van der Waals surface area contributed by atoms with Crippen LogP contribution in [0.2, 0.25) is 0 Å². The third-order valence-corrected chi connectivity index (χ3v) is 5.23. The van der Waals surface area contributed by atoms with Gasteiger partial charge in [-0.15, -0.1) is 0 Å². The van der Waals surface area contributed by atoms with Crippen LogP contribution in [-0.4, -0.2) is 49.7 Å². The van der Waals surface area contributed by atoms with Crippen molar-refractivity contribution in [2.45, 2.75) is 6.92 Å². The van der Waals surface area contributed by atoms with Crippen molar-refractivity contribution in [3.8, 4) is 16.9 Å². The van der Waals surface area contributed by atoms with Crippen molar-refractivity contribution in [3.63, 3.8) is 0 Å². The maximum absolute atomic E-state index is 5.44. The second-order valence-electron chi connectivity index (χ2n) is 6.70. The van der Waals surface area contributed by atoms with E-state index in [9.17, 15) is 0 Å². The summed E-state index contributed by atoms with van der Waals surface area (Å²) in [5.74, 6) is 1.93. The van der Waals surface area contributed by atoms with E-state index in [-0.39, 0.29) is 0 Å². The Bertz CT molecular complexity index is 887. The third kappa shape index (κ3) is 3.25. The molecule has 1 aliphatic heterocycles. The van der Waals surface area contributed by atoms with E-state index in [1.54, 1.807) is 7.11 Å². The van der Waals surface area contributed by atoms with Crippen LogP contribution in [0.15, 0.2) is 54.6 Å². The van der Waals surface area contributed by atoms with Gasteiger partial charge in [-0.3, -0.25) is 0 Å². The number of fused-ring (bicyclic) bond motifs is 1. The van der Waals surface area contributed by atoms with E-state index in [1.807, 2.05) is 6.07 Å². The van der Waals surface area contributed by atoms with Crippen molar-refractivity contribution in [1.82, 2.24) is 9.88 Å². The third-order valence-electron chi connectivity index (χ3n) is 5.23. The molecule has 26 heavy (non-hydrogen) atoms. The minimum absolute atomic E-state index is 0.862. The van der Waals surface area contributed by atoms with E-state index in [0.29, 0.717) is 0 Å². The molecule has 0 unspecified atom stereocenters. The molecule has 4 nitrogen and oxygen atoms in total. The van der Waals surface area contributed by atoms with E-state index in [0.717, 1.165) is 55.2 Å². The van der Waals surface area contributed by atoms with E-state index < -0.39 is 0 Å². The first-order valence-corrected chi connectivity index (χ1v) is 9.30. The highest BCUT2D eigenvalue weighted by atomic mass is 16.5. The zero-order valence-electron chi connectivity index (χ0n) is 15.5. The molecule has 1 saturated heterocycles. The number of rotatable bonds is 4. The van der Waals surface area contributed by atoms with E-state index in [1.165, 1.54) is 11.1 Å². The number of aromatic nitrogens is 1. The SMILES string of the molecule is CCN1CCN(c2cc(-c3ccccc3)c3cc(OC)ccc3n2)CC1. The average molecular weight is 347 g/mol. The second kappa shape index (κ2) is 7.34. The first kappa shape index (κ1) is 16.9. The lowest BCUT2D eigenvalue weighted by molar-refractivity contribution is 0.270. The van der Waals surface area contributed by atoms with Crippen LogP contribution in [0.25, 0.3) is 22.0 Å². The van der Waals surface area contributed by atoms with Crippen molar-refractivity contribution in [2.24, 2.45) is 0 Å². The fraction of sp³-hybridized carbons (Fsp3) is 0.318. The number of hydrogen-bond donors (Lipinski definition) is 0. The molecule has 0 aliphatic carbocycles. The molecule has 0 N–H and O–H groups in total. The van der Waals surface area contributed by atoms with Crippen molar-refractivity contribution < 1.29 is 4.74 Å². The molecule has 1 fully saturated rings. The largest absolute Gasteiger partial charge is 0.497 e. The molecule has 0 amide bonds. The minimum Gasteiger partial charge on any atom is -0.497 e. The molecule has 1 aliphatic rings. The Labute approximate surface area is 155 Å². The summed E-state index contributed by atoms with van der Waals surface area (Å²) >= 11 is 0. The van der Waals surface area contributed by atoms with E-state index in [2.05, 4.69) is 65.3 Å². The Morgan fingerprint density at radius 3 is 2.42 bits per heavy atom. The molecule has 4 heteroatoms. The quantitative estimate of drug-likeness (QED) is 0.712. The minimum atomic E-state index is 0.862. The van der Waals surface area contributed by atoms with E-state index >= 15 is 0 Å². The number of pyridine rings is 1. The van der Waals surface area contributed by atoms with Gasteiger partial charge in [0, 0.05) is 31.6 Å². The Morgan fingerprint density at radius 2 is 1.73 bits per heavy atom. The molecule has 0 bridgehead atoms. The fourth-order valence-electron chi connectivity index (χ4n) is 3.63. The highest BCUT2D eigenvalue weighted by Gasteiger charge is 2.19. The van der Waals surface area contributed by atoms with Gasteiger partial charge in [0.25, 0.3) is 0 Å². The number of anilines is 1. The summed E-state index contributed by atoms with van der Waals surface area (Å²) < 4.78 is 5.44. The van der Waals surface area contributed by atoms with Gasteiger partial charge < -0.3 is 14.5 Å². The Hall–Kier alpha value is -2.59. The first-order valence-electron chi connectivity index (χ1n) is 9.30. The summed E-state index contributed by atoms with van der Waals surface area (Å²) in [7, 11) is 1.71. The summed E-state index contributed by atoms with van der Waals surface area (Å²) in [6.45, 7) is 7.59. The van der Waals surface area contributed by atoms with Crippen LogP contribution in [0.1, 0.15) is 6.92 Å². The van der Waals surface area contributed by atoms with Crippen LogP contribution < -0.4 is 9.64 Å². The molecule has 3 aromatic rings. The lowest BCUT2D eigenvalue weighted by Gasteiger charge is -2.35. The van der Waals surface area contributed by atoms with Gasteiger partial charge in [0.05, 0.1) is 12.6 Å². The number of benzene rings is 2. The second-order valence-corrected chi connectivity index (χ2v) is 6.70. The molecule has 0 saturated carbocycles. The topological polar surface area (TPSA) is 28.6 Å². The smallest absolute Gasteiger partial charge is 0.129 e. The summed E-state index contributed by atoms with van der Waals surface area (Å²) in [6.07, 6.45) is 0. The molecule has 0 radical (unpaired) electrons. The maximum atomic E-state index is 5.44. The predicted octanol–water partition coefficient (Wildman–Crippen LogP) is 4.05. The van der Waals surface area contributed by atoms with Crippen molar-refractivity contribution in [3.05, 3.63) is 54.6 Å². The predicted molar refractivity (Wildman–Crippen MR) is 108 cm³/mol. The fourth-order valence-corrected chi connectivity index (χ4v) is 3.63. The van der Waals surface area contributed by atoms with Gasteiger partial charge in [-0.25, -0.2) is 4.98 Å². The average Bonchev–Trinajstić information content (AvgIpc) is 2.73. The maximum Gasteiger partial charge on any atom is 0.129 e. The molecule has 1 aromatic heterocycles. The zero-order chi connectivity index (χ0) is 17.9. The highest BCUT2D eigenvalue weighted by Crippen LogP contribution is 2.33. The summed E-state index contributed by atoms with van der Waals surface area (Å²) in [4.78, 5) is 9.85. The van der Waals surface area contributed by atoms with Crippen LogP contribution in [-0.2, 0) is 0 Å². The summed E-state index contributed by atoms with van der Waals surface area (Å²) in [5.41, 5.74) is 3.43. The van der Waals surface area contributed by atoms with Crippen molar-refractivity contribution in [1.29, 1.82) is 0 Å². The summed E-state index contributed by atoms with van der Waals surface area (Å²) in [5, 5.41) is 1.13.